The maximum absolute atomic E-state index is 13.1. The van der Waals surface area contributed by atoms with E-state index < -0.39 is 6.04 Å². The van der Waals surface area contributed by atoms with Gasteiger partial charge in [0, 0.05) is 31.0 Å². The summed E-state index contributed by atoms with van der Waals surface area (Å²) in [5.74, 6) is 1.37. The summed E-state index contributed by atoms with van der Waals surface area (Å²) in [6.07, 6.45) is 0.908. The van der Waals surface area contributed by atoms with E-state index in [9.17, 15) is 9.59 Å². The molecular weight excluding hydrogens is 439 g/mol. The summed E-state index contributed by atoms with van der Waals surface area (Å²) >= 11 is 13.9. The number of halogens is 2. The number of thioether (sulfide) groups is 1. The molecule has 0 unspecified atom stereocenters. The van der Waals surface area contributed by atoms with Crippen LogP contribution in [0.25, 0.3) is 0 Å². The zero-order chi connectivity index (χ0) is 21.9. The average Bonchev–Trinajstić information content (AvgIpc) is 2.74. The molecule has 7 heteroatoms. The molecular formula is C23H28Cl2N2O2S. The number of nitrogens with one attached hydrogen (secondary N) is 1. The molecule has 0 radical (unpaired) electrons. The first-order valence-electron chi connectivity index (χ1n) is 10.1. The zero-order valence-corrected chi connectivity index (χ0v) is 19.7. The number of benzene rings is 2. The summed E-state index contributed by atoms with van der Waals surface area (Å²) in [6, 6.07) is 14.9. The molecule has 0 spiro atoms. The Hall–Kier alpha value is -1.69. The first-order valence-corrected chi connectivity index (χ1v) is 12.0. The van der Waals surface area contributed by atoms with Crippen LogP contribution in [0.5, 0.6) is 0 Å². The third kappa shape index (κ3) is 7.53. The topological polar surface area (TPSA) is 49.4 Å². The molecule has 0 saturated heterocycles. The van der Waals surface area contributed by atoms with Gasteiger partial charge in [-0.2, -0.15) is 11.8 Å². The summed E-state index contributed by atoms with van der Waals surface area (Å²) in [4.78, 5) is 27.3. The highest BCUT2D eigenvalue weighted by Crippen LogP contribution is 2.24. The van der Waals surface area contributed by atoms with E-state index in [1.54, 1.807) is 28.8 Å². The molecule has 2 aromatic rings. The van der Waals surface area contributed by atoms with Gasteiger partial charge in [-0.1, -0.05) is 66.5 Å². The molecule has 0 aliphatic carbocycles. The minimum atomic E-state index is -0.522. The molecule has 0 heterocycles. The van der Waals surface area contributed by atoms with Gasteiger partial charge in [0.05, 0.1) is 10.0 Å². The maximum Gasteiger partial charge on any atom is 0.242 e. The van der Waals surface area contributed by atoms with Gasteiger partial charge in [0.1, 0.15) is 6.04 Å². The van der Waals surface area contributed by atoms with Crippen LogP contribution < -0.4 is 5.32 Å². The van der Waals surface area contributed by atoms with Crippen LogP contribution >= 0.6 is 35.0 Å². The lowest BCUT2D eigenvalue weighted by Crippen LogP contribution is -2.49. The Morgan fingerprint density at radius 2 is 1.77 bits per heavy atom. The number of hydrogen-bond acceptors (Lipinski definition) is 3. The lowest BCUT2D eigenvalue weighted by atomic mass is 10.1. The molecule has 1 atom stereocenters. The highest BCUT2D eigenvalue weighted by atomic mass is 35.5. The Balaban J connectivity index is 2.07. The third-order valence-electron chi connectivity index (χ3n) is 4.65. The molecule has 2 amide bonds. The molecule has 0 fully saturated rings. The highest BCUT2D eigenvalue weighted by Gasteiger charge is 2.28. The van der Waals surface area contributed by atoms with Gasteiger partial charge in [-0.05, 0) is 36.6 Å². The predicted molar refractivity (Wildman–Crippen MR) is 127 cm³/mol. The lowest BCUT2D eigenvalue weighted by molar-refractivity contribution is -0.141. The van der Waals surface area contributed by atoms with Crippen LogP contribution in [0.3, 0.4) is 0 Å². The molecule has 0 aliphatic heterocycles. The maximum atomic E-state index is 13.1. The summed E-state index contributed by atoms with van der Waals surface area (Å²) in [5.41, 5.74) is 2.08. The van der Waals surface area contributed by atoms with Gasteiger partial charge in [-0.3, -0.25) is 9.59 Å². The lowest BCUT2D eigenvalue weighted by Gasteiger charge is -2.30. The number of rotatable bonds is 11. The molecule has 30 heavy (non-hydrogen) atoms. The van der Waals surface area contributed by atoms with Crippen molar-refractivity contribution in [3.63, 3.8) is 0 Å². The molecule has 2 rings (SSSR count). The largest absolute Gasteiger partial charge is 0.355 e. The van der Waals surface area contributed by atoms with E-state index in [4.69, 9.17) is 23.2 Å². The number of carbonyl (C=O) groups is 2. The Kier molecular flexibility index (Phi) is 10.6. The number of amides is 2. The van der Waals surface area contributed by atoms with Gasteiger partial charge in [-0.15, -0.1) is 0 Å². The second kappa shape index (κ2) is 12.9. The number of nitrogens with zero attached hydrogens (tertiary/aromatic N) is 1. The van der Waals surface area contributed by atoms with Crippen molar-refractivity contribution >= 4 is 46.8 Å². The predicted octanol–water partition coefficient (Wildman–Crippen LogP) is 5.56. The standard InChI is InChI=1S/C23H28Cl2N2O2S/c1-3-21(23(29)26-4-2)27(15-18-10-11-19(24)20(25)14-18)22(28)12-13-30-16-17-8-6-5-7-9-17/h5-11,14,21H,3-4,12-13,15-16H2,1-2H3,(H,26,29)/t21-/m1/s1. The first-order chi connectivity index (χ1) is 14.5. The van der Waals surface area contributed by atoms with E-state index in [-0.39, 0.29) is 11.8 Å². The van der Waals surface area contributed by atoms with Crippen LogP contribution in [-0.4, -0.2) is 35.1 Å². The SMILES string of the molecule is CCNC(=O)[C@@H](CC)N(Cc1ccc(Cl)c(Cl)c1)C(=O)CCSCc1ccccc1. The Morgan fingerprint density at radius 1 is 1.03 bits per heavy atom. The van der Waals surface area contributed by atoms with E-state index in [2.05, 4.69) is 17.4 Å². The van der Waals surface area contributed by atoms with E-state index in [1.807, 2.05) is 38.1 Å². The quantitative estimate of drug-likeness (QED) is 0.440. The smallest absolute Gasteiger partial charge is 0.242 e. The minimum absolute atomic E-state index is 0.0419. The Bertz CT molecular complexity index is 833. The van der Waals surface area contributed by atoms with Gasteiger partial charge < -0.3 is 10.2 Å². The van der Waals surface area contributed by atoms with E-state index in [0.717, 1.165) is 11.3 Å². The van der Waals surface area contributed by atoms with Gasteiger partial charge in [0.15, 0.2) is 0 Å². The van der Waals surface area contributed by atoms with Crippen LogP contribution in [0, 0.1) is 0 Å². The second-order valence-corrected chi connectivity index (χ2v) is 8.80. The van der Waals surface area contributed by atoms with Crippen molar-refractivity contribution in [3.8, 4) is 0 Å². The molecule has 2 aromatic carbocycles. The van der Waals surface area contributed by atoms with E-state index in [1.165, 1.54) is 5.56 Å². The highest BCUT2D eigenvalue weighted by molar-refractivity contribution is 7.98. The van der Waals surface area contributed by atoms with Gasteiger partial charge >= 0.3 is 0 Å². The van der Waals surface area contributed by atoms with Crippen LogP contribution in [-0.2, 0) is 21.9 Å². The van der Waals surface area contributed by atoms with Gasteiger partial charge in [-0.25, -0.2) is 0 Å². The fraction of sp³-hybridized carbons (Fsp3) is 0.391. The van der Waals surface area contributed by atoms with Crippen LogP contribution in [0.4, 0.5) is 0 Å². The Labute approximate surface area is 193 Å². The van der Waals surface area contributed by atoms with Crippen molar-refractivity contribution in [1.29, 1.82) is 0 Å². The molecule has 4 nitrogen and oxygen atoms in total. The fourth-order valence-electron chi connectivity index (χ4n) is 3.11. The molecule has 0 aromatic heterocycles. The van der Waals surface area contributed by atoms with Crippen LogP contribution in [0.1, 0.15) is 37.8 Å². The number of carbonyl (C=O) groups excluding carboxylic acids is 2. The summed E-state index contributed by atoms with van der Waals surface area (Å²) in [5, 5.41) is 3.74. The van der Waals surface area contributed by atoms with E-state index in [0.29, 0.717) is 41.7 Å². The Morgan fingerprint density at radius 3 is 2.40 bits per heavy atom. The molecule has 162 valence electrons. The minimum Gasteiger partial charge on any atom is -0.355 e. The van der Waals surface area contributed by atoms with E-state index >= 15 is 0 Å². The normalized spacial score (nSPS) is 11.7. The molecule has 0 bridgehead atoms. The van der Waals surface area contributed by atoms with Crippen molar-refractivity contribution in [1.82, 2.24) is 10.2 Å². The van der Waals surface area contributed by atoms with Crippen LogP contribution in [0.15, 0.2) is 48.5 Å². The van der Waals surface area contributed by atoms with Crippen molar-refractivity contribution in [2.24, 2.45) is 0 Å². The summed E-state index contributed by atoms with van der Waals surface area (Å²) in [6.45, 7) is 4.63. The zero-order valence-electron chi connectivity index (χ0n) is 17.4. The number of hydrogen-bond donors (Lipinski definition) is 1. The molecule has 0 saturated carbocycles. The summed E-state index contributed by atoms with van der Waals surface area (Å²) < 4.78 is 0. The molecule has 0 aliphatic rings. The third-order valence-corrected chi connectivity index (χ3v) is 6.41. The van der Waals surface area contributed by atoms with Crippen molar-refractivity contribution in [2.75, 3.05) is 12.3 Å². The van der Waals surface area contributed by atoms with Crippen molar-refractivity contribution in [2.45, 2.75) is 45.0 Å². The first kappa shape index (κ1) is 24.6. The van der Waals surface area contributed by atoms with Gasteiger partial charge in [0.25, 0.3) is 0 Å². The monoisotopic (exact) mass is 466 g/mol. The summed E-state index contributed by atoms with van der Waals surface area (Å²) in [7, 11) is 0. The second-order valence-electron chi connectivity index (χ2n) is 6.88. The van der Waals surface area contributed by atoms with Crippen LogP contribution in [0.2, 0.25) is 10.0 Å². The fourth-order valence-corrected chi connectivity index (χ4v) is 4.33. The number of likely N-dealkylation sites (N-methyl/N-ethyl adjacent to an activating group) is 1. The molecule has 1 N–H and O–H groups in total. The van der Waals surface area contributed by atoms with Crippen molar-refractivity contribution in [3.05, 3.63) is 69.7 Å². The average molecular weight is 467 g/mol. The van der Waals surface area contributed by atoms with Gasteiger partial charge in [0.2, 0.25) is 11.8 Å². The van der Waals surface area contributed by atoms with Crippen molar-refractivity contribution < 1.29 is 9.59 Å².